The monoisotopic (exact) mass is 215 g/mol. The molecule has 0 spiro atoms. The molecule has 0 heterocycles. The molecule has 0 radical (unpaired) electrons. The molecular formula is C11H21NO3. The van der Waals surface area contributed by atoms with Crippen molar-refractivity contribution in [3.63, 3.8) is 0 Å². The van der Waals surface area contributed by atoms with E-state index in [1.54, 1.807) is 0 Å². The Morgan fingerprint density at radius 2 is 2.00 bits per heavy atom. The molecule has 1 saturated carbocycles. The van der Waals surface area contributed by atoms with Crippen molar-refractivity contribution in [2.24, 2.45) is 0 Å². The van der Waals surface area contributed by atoms with Crippen LogP contribution >= 0.6 is 0 Å². The van der Waals surface area contributed by atoms with E-state index in [1.165, 1.54) is 32.1 Å². The fourth-order valence-corrected chi connectivity index (χ4v) is 2.00. The Hall–Kier alpha value is -0.610. The maximum atomic E-state index is 10.3. The van der Waals surface area contributed by atoms with Crippen molar-refractivity contribution in [3.8, 4) is 0 Å². The smallest absolute Gasteiger partial charge is 0.303 e. The molecule has 1 aliphatic rings. The van der Waals surface area contributed by atoms with Crippen LogP contribution in [-0.2, 0) is 4.79 Å². The van der Waals surface area contributed by atoms with Gasteiger partial charge in [-0.05, 0) is 19.3 Å². The van der Waals surface area contributed by atoms with E-state index in [0.717, 1.165) is 0 Å². The van der Waals surface area contributed by atoms with E-state index < -0.39 is 12.1 Å². The lowest BCUT2D eigenvalue weighted by Crippen LogP contribution is -2.37. The summed E-state index contributed by atoms with van der Waals surface area (Å²) in [5.74, 6) is -0.841. The van der Waals surface area contributed by atoms with E-state index in [0.29, 0.717) is 19.0 Å². The van der Waals surface area contributed by atoms with Gasteiger partial charge in [-0.1, -0.05) is 19.3 Å². The van der Waals surface area contributed by atoms with E-state index in [-0.39, 0.29) is 6.42 Å². The van der Waals surface area contributed by atoms with Gasteiger partial charge < -0.3 is 15.5 Å². The number of hydrogen-bond donors (Lipinski definition) is 3. The molecule has 1 unspecified atom stereocenters. The van der Waals surface area contributed by atoms with Gasteiger partial charge in [-0.3, -0.25) is 4.79 Å². The van der Waals surface area contributed by atoms with Crippen molar-refractivity contribution in [3.05, 3.63) is 0 Å². The summed E-state index contributed by atoms with van der Waals surface area (Å²) in [5.41, 5.74) is 0. The highest BCUT2D eigenvalue weighted by Gasteiger charge is 2.14. The summed E-state index contributed by atoms with van der Waals surface area (Å²) in [4.78, 5) is 10.3. The third kappa shape index (κ3) is 5.74. The molecule has 88 valence electrons. The van der Waals surface area contributed by atoms with Crippen LogP contribution in [0.3, 0.4) is 0 Å². The molecule has 0 saturated heterocycles. The number of aliphatic hydroxyl groups is 1. The van der Waals surface area contributed by atoms with Crippen molar-refractivity contribution in [2.45, 2.75) is 57.1 Å². The van der Waals surface area contributed by atoms with Gasteiger partial charge in [0.05, 0.1) is 6.10 Å². The summed E-state index contributed by atoms with van der Waals surface area (Å²) in [7, 11) is 0. The van der Waals surface area contributed by atoms with Crippen LogP contribution in [0.1, 0.15) is 44.9 Å². The Morgan fingerprint density at radius 3 is 2.60 bits per heavy atom. The van der Waals surface area contributed by atoms with Crippen LogP contribution < -0.4 is 5.32 Å². The van der Waals surface area contributed by atoms with Crippen molar-refractivity contribution in [2.75, 3.05) is 6.54 Å². The molecule has 1 rings (SSSR count). The molecule has 3 N–H and O–H groups in total. The van der Waals surface area contributed by atoms with Gasteiger partial charge in [-0.25, -0.2) is 0 Å². The maximum absolute atomic E-state index is 10.3. The van der Waals surface area contributed by atoms with E-state index in [1.807, 2.05) is 0 Å². The molecule has 0 aliphatic heterocycles. The predicted octanol–water partition coefficient (Wildman–Crippen LogP) is 1.13. The number of carbonyl (C=O) groups is 1. The zero-order chi connectivity index (χ0) is 11.1. The number of rotatable bonds is 6. The summed E-state index contributed by atoms with van der Waals surface area (Å²) in [6, 6.07) is 0.526. The summed E-state index contributed by atoms with van der Waals surface area (Å²) in [5, 5.41) is 21.3. The van der Waals surface area contributed by atoms with Crippen molar-refractivity contribution < 1.29 is 15.0 Å². The molecule has 1 atom stereocenters. The van der Waals surface area contributed by atoms with Gasteiger partial charge in [0.1, 0.15) is 0 Å². The largest absolute Gasteiger partial charge is 0.481 e. The molecule has 1 fully saturated rings. The second kappa shape index (κ2) is 6.80. The average molecular weight is 215 g/mol. The quantitative estimate of drug-likeness (QED) is 0.621. The normalized spacial score (nSPS) is 20.1. The molecule has 15 heavy (non-hydrogen) atoms. The number of carboxylic acids is 1. The first-order chi connectivity index (χ1) is 7.18. The van der Waals surface area contributed by atoms with Crippen molar-refractivity contribution in [1.29, 1.82) is 0 Å². The Morgan fingerprint density at radius 1 is 1.33 bits per heavy atom. The average Bonchev–Trinajstić information content (AvgIpc) is 2.25. The van der Waals surface area contributed by atoms with Crippen LogP contribution in [0.2, 0.25) is 0 Å². The predicted molar refractivity (Wildman–Crippen MR) is 57.8 cm³/mol. The second-order valence-corrected chi connectivity index (χ2v) is 4.33. The molecule has 0 amide bonds. The van der Waals surface area contributed by atoms with Crippen LogP contribution in [0.4, 0.5) is 0 Å². The van der Waals surface area contributed by atoms with Gasteiger partial charge in [0.25, 0.3) is 0 Å². The SMILES string of the molecule is O=C(O)CCC(O)CNC1CCCCC1. The van der Waals surface area contributed by atoms with Gasteiger partial charge in [-0.15, -0.1) is 0 Å². The third-order valence-corrected chi connectivity index (χ3v) is 2.94. The fraction of sp³-hybridized carbons (Fsp3) is 0.909. The molecular weight excluding hydrogens is 194 g/mol. The van der Waals surface area contributed by atoms with Gasteiger partial charge in [0, 0.05) is 19.0 Å². The fourth-order valence-electron chi connectivity index (χ4n) is 2.00. The minimum atomic E-state index is -0.841. The lowest BCUT2D eigenvalue weighted by atomic mass is 9.95. The first-order valence-electron chi connectivity index (χ1n) is 5.81. The number of carboxylic acid groups (broad SMARTS) is 1. The third-order valence-electron chi connectivity index (χ3n) is 2.94. The number of aliphatic hydroxyl groups excluding tert-OH is 1. The molecule has 4 nitrogen and oxygen atoms in total. The molecule has 4 heteroatoms. The van der Waals surface area contributed by atoms with E-state index in [9.17, 15) is 9.90 Å². The highest BCUT2D eigenvalue weighted by Crippen LogP contribution is 2.17. The van der Waals surface area contributed by atoms with Gasteiger partial charge in [0.2, 0.25) is 0 Å². The Bertz CT molecular complexity index is 190. The van der Waals surface area contributed by atoms with Crippen LogP contribution in [0.25, 0.3) is 0 Å². The number of hydrogen-bond acceptors (Lipinski definition) is 3. The van der Waals surface area contributed by atoms with E-state index in [2.05, 4.69) is 5.32 Å². The minimum absolute atomic E-state index is 0.0491. The van der Waals surface area contributed by atoms with Gasteiger partial charge in [0.15, 0.2) is 0 Å². The van der Waals surface area contributed by atoms with E-state index in [4.69, 9.17) is 5.11 Å². The molecule has 0 aromatic heterocycles. The van der Waals surface area contributed by atoms with Crippen LogP contribution in [0.5, 0.6) is 0 Å². The molecule has 0 bridgehead atoms. The standard InChI is InChI=1S/C11H21NO3/c13-10(6-7-11(14)15)8-12-9-4-2-1-3-5-9/h9-10,12-13H,1-8H2,(H,14,15). The summed E-state index contributed by atoms with van der Waals surface area (Å²) < 4.78 is 0. The summed E-state index contributed by atoms with van der Waals surface area (Å²) in [6.07, 6.45) is 6.09. The Labute approximate surface area is 90.7 Å². The minimum Gasteiger partial charge on any atom is -0.481 e. The maximum Gasteiger partial charge on any atom is 0.303 e. The topological polar surface area (TPSA) is 69.6 Å². The first-order valence-corrected chi connectivity index (χ1v) is 5.81. The zero-order valence-corrected chi connectivity index (χ0v) is 9.11. The lowest BCUT2D eigenvalue weighted by molar-refractivity contribution is -0.137. The van der Waals surface area contributed by atoms with Crippen LogP contribution in [-0.4, -0.2) is 34.9 Å². The molecule has 0 aromatic rings. The molecule has 1 aliphatic carbocycles. The van der Waals surface area contributed by atoms with Gasteiger partial charge in [-0.2, -0.15) is 0 Å². The van der Waals surface area contributed by atoms with Crippen molar-refractivity contribution in [1.82, 2.24) is 5.32 Å². The Balaban J connectivity index is 2.04. The molecule has 0 aromatic carbocycles. The highest BCUT2D eigenvalue weighted by atomic mass is 16.4. The van der Waals surface area contributed by atoms with E-state index >= 15 is 0 Å². The second-order valence-electron chi connectivity index (χ2n) is 4.33. The zero-order valence-electron chi connectivity index (χ0n) is 9.11. The highest BCUT2D eigenvalue weighted by molar-refractivity contribution is 5.66. The summed E-state index contributed by atoms with van der Waals surface area (Å²) in [6.45, 7) is 0.526. The first kappa shape index (κ1) is 12.5. The lowest BCUT2D eigenvalue weighted by Gasteiger charge is -2.24. The van der Waals surface area contributed by atoms with Gasteiger partial charge >= 0.3 is 5.97 Å². The van der Waals surface area contributed by atoms with Crippen LogP contribution in [0, 0.1) is 0 Å². The number of nitrogens with one attached hydrogen (secondary N) is 1. The van der Waals surface area contributed by atoms with Crippen LogP contribution in [0.15, 0.2) is 0 Å². The summed E-state index contributed by atoms with van der Waals surface area (Å²) >= 11 is 0. The van der Waals surface area contributed by atoms with Crippen molar-refractivity contribution >= 4 is 5.97 Å². The Kier molecular flexibility index (Phi) is 5.65. The number of aliphatic carboxylic acids is 1.